The second-order valence-corrected chi connectivity index (χ2v) is 6.23. The summed E-state index contributed by atoms with van der Waals surface area (Å²) in [5, 5.41) is 0.261. The molecule has 0 atom stereocenters. The van der Waals surface area contributed by atoms with E-state index in [2.05, 4.69) is 4.72 Å². The third-order valence-electron chi connectivity index (χ3n) is 2.68. The first-order chi connectivity index (χ1) is 9.83. The molecule has 5 nitrogen and oxygen atoms in total. The SMILES string of the molecule is COc1cc(NS(=O)(=O)c2ccc(Cl)c(N)c2)ccc1F. The van der Waals surface area contributed by atoms with Gasteiger partial charge >= 0.3 is 0 Å². The van der Waals surface area contributed by atoms with Crippen LogP contribution in [0.2, 0.25) is 5.02 Å². The van der Waals surface area contributed by atoms with Gasteiger partial charge in [-0.25, -0.2) is 12.8 Å². The molecule has 2 rings (SSSR count). The Kier molecular flexibility index (Phi) is 4.24. The Morgan fingerprint density at radius 2 is 1.95 bits per heavy atom. The molecule has 0 bridgehead atoms. The van der Waals surface area contributed by atoms with Crippen molar-refractivity contribution in [2.45, 2.75) is 4.90 Å². The number of methoxy groups -OCH3 is 1. The van der Waals surface area contributed by atoms with E-state index in [-0.39, 0.29) is 27.0 Å². The monoisotopic (exact) mass is 330 g/mol. The minimum Gasteiger partial charge on any atom is -0.494 e. The number of sulfonamides is 1. The predicted octanol–water partition coefficient (Wildman–Crippen LogP) is 2.87. The predicted molar refractivity (Wildman–Crippen MR) is 79.6 cm³/mol. The first-order valence-electron chi connectivity index (χ1n) is 5.75. The van der Waals surface area contributed by atoms with Crippen LogP contribution in [0.5, 0.6) is 5.75 Å². The highest BCUT2D eigenvalue weighted by Gasteiger charge is 2.16. The smallest absolute Gasteiger partial charge is 0.261 e. The van der Waals surface area contributed by atoms with Crippen molar-refractivity contribution in [3.05, 3.63) is 47.2 Å². The van der Waals surface area contributed by atoms with Gasteiger partial charge in [-0.05, 0) is 30.3 Å². The van der Waals surface area contributed by atoms with Gasteiger partial charge in [0, 0.05) is 6.07 Å². The van der Waals surface area contributed by atoms with Gasteiger partial charge < -0.3 is 10.5 Å². The Hall–Kier alpha value is -1.99. The lowest BCUT2D eigenvalue weighted by atomic mass is 10.3. The molecule has 0 saturated heterocycles. The van der Waals surface area contributed by atoms with Crippen LogP contribution < -0.4 is 15.2 Å². The maximum atomic E-state index is 13.3. The first kappa shape index (κ1) is 15.4. The van der Waals surface area contributed by atoms with Crippen LogP contribution in [0.3, 0.4) is 0 Å². The van der Waals surface area contributed by atoms with Gasteiger partial charge in [-0.3, -0.25) is 4.72 Å². The lowest BCUT2D eigenvalue weighted by molar-refractivity contribution is 0.387. The molecule has 0 spiro atoms. The zero-order valence-corrected chi connectivity index (χ0v) is 12.5. The molecule has 0 fully saturated rings. The Balaban J connectivity index is 2.35. The average molecular weight is 331 g/mol. The van der Waals surface area contributed by atoms with Crippen LogP contribution in [-0.2, 0) is 10.0 Å². The Morgan fingerprint density at radius 3 is 2.57 bits per heavy atom. The Morgan fingerprint density at radius 1 is 1.24 bits per heavy atom. The molecular weight excluding hydrogens is 319 g/mol. The summed E-state index contributed by atoms with van der Waals surface area (Å²) < 4.78 is 44.8. The third-order valence-corrected chi connectivity index (χ3v) is 4.40. The summed E-state index contributed by atoms with van der Waals surface area (Å²) in [4.78, 5) is -0.0484. The fourth-order valence-electron chi connectivity index (χ4n) is 1.63. The van der Waals surface area contributed by atoms with Gasteiger partial charge in [-0.15, -0.1) is 0 Å². The van der Waals surface area contributed by atoms with Gasteiger partial charge in [0.1, 0.15) is 0 Å². The molecule has 0 heterocycles. The van der Waals surface area contributed by atoms with E-state index in [9.17, 15) is 12.8 Å². The second kappa shape index (κ2) is 5.79. The third kappa shape index (κ3) is 3.37. The minimum atomic E-state index is -3.86. The summed E-state index contributed by atoms with van der Waals surface area (Å²) in [7, 11) is -2.57. The molecule has 0 aliphatic rings. The normalized spacial score (nSPS) is 11.2. The molecule has 0 aromatic heterocycles. The molecule has 0 saturated carbocycles. The highest BCUT2D eigenvalue weighted by molar-refractivity contribution is 7.92. The van der Waals surface area contributed by atoms with Gasteiger partial charge in [0.15, 0.2) is 11.6 Å². The van der Waals surface area contributed by atoms with Crippen molar-refractivity contribution in [2.24, 2.45) is 0 Å². The van der Waals surface area contributed by atoms with Crippen LogP contribution in [0, 0.1) is 5.82 Å². The first-order valence-corrected chi connectivity index (χ1v) is 7.61. The van der Waals surface area contributed by atoms with E-state index in [1.165, 1.54) is 37.4 Å². The van der Waals surface area contributed by atoms with Crippen LogP contribution in [0.25, 0.3) is 0 Å². The second-order valence-electron chi connectivity index (χ2n) is 4.14. The molecule has 3 N–H and O–H groups in total. The molecule has 0 unspecified atom stereocenters. The van der Waals surface area contributed by atoms with Crippen LogP contribution in [0.1, 0.15) is 0 Å². The summed E-state index contributed by atoms with van der Waals surface area (Å²) in [5.41, 5.74) is 5.90. The van der Waals surface area contributed by atoms with E-state index < -0.39 is 15.8 Å². The zero-order chi connectivity index (χ0) is 15.6. The van der Waals surface area contributed by atoms with E-state index in [1.54, 1.807) is 0 Å². The lowest BCUT2D eigenvalue weighted by Gasteiger charge is -2.10. The van der Waals surface area contributed by atoms with Gasteiger partial charge in [-0.2, -0.15) is 0 Å². The van der Waals surface area contributed by atoms with E-state index in [1.807, 2.05) is 0 Å². The average Bonchev–Trinajstić information content (AvgIpc) is 2.43. The van der Waals surface area contributed by atoms with E-state index in [4.69, 9.17) is 22.1 Å². The van der Waals surface area contributed by atoms with E-state index >= 15 is 0 Å². The Bertz CT molecular complexity index is 781. The fourth-order valence-corrected chi connectivity index (χ4v) is 2.83. The van der Waals surface area contributed by atoms with Gasteiger partial charge in [-0.1, -0.05) is 11.6 Å². The van der Waals surface area contributed by atoms with Crippen LogP contribution in [-0.4, -0.2) is 15.5 Å². The Labute approximate surface area is 126 Å². The van der Waals surface area contributed by atoms with Crippen LogP contribution in [0.4, 0.5) is 15.8 Å². The molecule has 0 radical (unpaired) electrons. The number of ether oxygens (including phenoxy) is 1. The molecule has 8 heteroatoms. The lowest BCUT2D eigenvalue weighted by Crippen LogP contribution is -2.13. The molecule has 0 aliphatic carbocycles. The number of nitrogen functional groups attached to an aromatic ring is 1. The topological polar surface area (TPSA) is 81.4 Å². The molecule has 0 aliphatic heterocycles. The quantitative estimate of drug-likeness (QED) is 0.845. The summed E-state index contributed by atoms with van der Waals surface area (Å²) >= 11 is 5.75. The largest absolute Gasteiger partial charge is 0.494 e. The van der Waals surface area contributed by atoms with Gasteiger partial charge in [0.2, 0.25) is 0 Å². The van der Waals surface area contributed by atoms with Crippen molar-refractivity contribution in [2.75, 3.05) is 17.6 Å². The molecule has 2 aromatic carbocycles. The van der Waals surface area contributed by atoms with Crippen molar-refractivity contribution in [1.29, 1.82) is 0 Å². The summed E-state index contributed by atoms with van der Waals surface area (Å²) in [5.74, 6) is -0.651. The van der Waals surface area contributed by atoms with Crippen LogP contribution in [0.15, 0.2) is 41.3 Å². The highest BCUT2D eigenvalue weighted by atomic mass is 35.5. The van der Waals surface area contributed by atoms with Crippen molar-refractivity contribution in [3.8, 4) is 5.75 Å². The maximum absolute atomic E-state index is 13.3. The minimum absolute atomic E-state index is 0.0484. The molecule has 2 aromatic rings. The highest BCUT2D eigenvalue weighted by Crippen LogP contribution is 2.26. The van der Waals surface area contributed by atoms with Crippen molar-refractivity contribution in [1.82, 2.24) is 0 Å². The van der Waals surface area contributed by atoms with E-state index in [0.29, 0.717) is 0 Å². The number of nitrogens with one attached hydrogen (secondary N) is 1. The fraction of sp³-hybridized carbons (Fsp3) is 0.0769. The maximum Gasteiger partial charge on any atom is 0.261 e. The van der Waals surface area contributed by atoms with Crippen molar-refractivity contribution >= 4 is 33.0 Å². The van der Waals surface area contributed by atoms with Crippen LogP contribution >= 0.6 is 11.6 Å². The van der Waals surface area contributed by atoms with Gasteiger partial charge in [0.05, 0.1) is 28.4 Å². The molecular formula is C13H12ClFN2O3S. The standard InChI is InChI=1S/C13H12ClFN2O3S/c1-20-13-6-8(2-5-11(13)15)17-21(18,19)9-3-4-10(14)12(16)7-9/h2-7,17H,16H2,1H3. The van der Waals surface area contributed by atoms with Gasteiger partial charge in [0.25, 0.3) is 10.0 Å². The summed E-state index contributed by atoms with van der Waals surface area (Å²) in [6.45, 7) is 0. The number of rotatable bonds is 4. The number of benzene rings is 2. The number of nitrogens with two attached hydrogens (primary N) is 1. The molecule has 0 amide bonds. The summed E-state index contributed by atoms with van der Waals surface area (Å²) in [6.07, 6.45) is 0. The van der Waals surface area contributed by atoms with Crippen molar-refractivity contribution < 1.29 is 17.5 Å². The van der Waals surface area contributed by atoms with Crippen molar-refractivity contribution in [3.63, 3.8) is 0 Å². The number of hydrogen-bond donors (Lipinski definition) is 2. The zero-order valence-electron chi connectivity index (χ0n) is 10.9. The number of hydrogen-bond acceptors (Lipinski definition) is 4. The van der Waals surface area contributed by atoms with E-state index in [0.717, 1.165) is 6.07 Å². The number of anilines is 2. The summed E-state index contributed by atoms with van der Waals surface area (Å²) in [6, 6.07) is 7.58. The molecule has 112 valence electrons. The number of halogens is 2. The molecule has 21 heavy (non-hydrogen) atoms.